The fraction of sp³-hybridized carbons (Fsp3) is 0.423. The average Bonchev–Trinajstić information content (AvgIpc) is 3.20. The summed E-state index contributed by atoms with van der Waals surface area (Å²) in [5.74, 6) is -0.0115. The predicted octanol–water partition coefficient (Wildman–Crippen LogP) is 2.78. The molecule has 1 saturated carbocycles. The zero-order chi connectivity index (χ0) is 26.3. The van der Waals surface area contributed by atoms with E-state index < -0.39 is 0 Å². The molecule has 3 aromatic rings. The third kappa shape index (κ3) is 5.72. The van der Waals surface area contributed by atoms with E-state index in [1.54, 1.807) is 16.8 Å². The highest BCUT2D eigenvalue weighted by Crippen LogP contribution is 2.32. The van der Waals surface area contributed by atoms with Gasteiger partial charge in [-0.1, -0.05) is 13.8 Å². The van der Waals surface area contributed by atoms with Gasteiger partial charge in [0.2, 0.25) is 5.91 Å². The second-order valence-electron chi connectivity index (χ2n) is 10.8. The normalized spacial score (nSPS) is 17.2. The first kappa shape index (κ1) is 25.1. The van der Waals surface area contributed by atoms with E-state index in [0.29, 0.717) is 39.9 Å². The van der Waals surface area contributed by atoms with Crippen molar-refractivity contribution >= 4 is 46.6 Å². The van der Waals surface area contributed by atoms with Gasteiger partial charge in [-0.2, -0.15) is 9.61 Å². The second-order valence-corrected chi connectivity index (χ2v) is 11.8. The first-order chi connectivity index (χ1) is 17.6. The number of amides is 3. The van der Waals surface area contributed by atoms with Crippen LogP contribution < -0.4 is 16.0 Å². The molecule has 4 heterocycles. The number of hydrogen-bond acceptors (Lipinski definition) is 8. The molecule has 0 radical (unpaired) electrons. The monoisotopic (exact) mass is 521 g/mol. The van der Waals surface area contributed by atoms with Gasteiger partial charge >= 0.3 is 0 Å². The molecule has 2 fully saturated rings. The van der Waals surface area contributed by atoms with Crippen LogP contribution in [0.15, 0.2) is 30.0 Å². The Kier molecular flexibility index (Phi) is 6.59. The largest absolute Gasteiger partial charge is 0.367 e. The first-order valence-corrected chi connectivity index (χ1v) is 13.1. The summed E-state index contributed by atoms with van der Waals surface area (Å²) >= 11 is 1.39. The number of imide groups is 1. The molecule has 3 aromatic heterocycles. The highest BCUT2D eigenvalue weighted by atomic mass is 32.1. The molecule has 3 N–H and O–H groups in total. The Bertz CT molecular complexity index is 1410. The van der Waals surface area contributed by atoms with Gasteiger partial charge in [0, 0.05) is 36.3 Å². The van der Waals surface area contributed by atoms with Crippen LogP contribution >= 0.6 is 11.3 Å². The Morgan fingerprint density at radius 3 is 2.76 bits per heavy atom. The number of thiophene rings is 1. The standard InChI is InChI=1S/C26H31N7O3S/c1-26(2,14-32(3)4)13-27-25(36)20-8-7-19(37-20)18-11-21(29-17-5-6-17)33-23(30-18)16(12-28-33)9-15-10-22(34)31-24(15)35/h7-9,11-12,17,29H,5-6,10,13-14H2,1-4H3,(H,27,36)(H,31,34,35)/b15-9+. The fourth-order valence-electron chi connectivity index (χ4n) is 4.47. The smallest absolute Gasteiger partial charge is 0.261 e. The zero-order valence-corrected chi connectivity index (χ0v) is 22.2. The summed E-state index contributed by atoms with van der Waals surface area (Å²) in [6.45, 7) is 5.69. The minimum atomic E-state index is -0.389. The number of hydrogen-bond donors (Lipinski definition) is 3. The molecule has 0 atom stereocenters. The van der Waals surface area contributed by atoms with Crippen LogP contribution in [0.4, 0.5) is 5.82 Å². The maximum absolute atomic E-state index is 12.9. The molecule has 1 aliphatic carbocycles. The minimum Gasteiger partial charge on any atom is -0.367 e. The van der Waals surface area contributed by atoms with Gasteiger partial charge in [0.1, 0.15) is 5.82 Å². The third-order valence-electron chi connectivity index (χ3n) is 6.21. The summed E-state index contributed by atoms with van der Waals surface area (Å²) in [6, 6.07) is 6.05. The number of carbonyl (C=O) groups excluding carboxylic acids is 3. The van der Waals surface area contributed by atoms with Crippen molar-refractivity contribution < 1.29 is 14.4 Å². The molecular formula is C26H31N7O3S. The van der Waals surface area contributed by atoms with Gasteiger partial charge in [-0.15, -0.1) is 11.3 Å². The number of aromatic nitrogens is 3. The molecule has 1 saturated heterocycles. The Balaban J connectivity index is 1.44. The van der Waals surface area contributed by atoms with Gasteiger partial charge in [0.25, 0.3) is 11.8 Å². The van der Waals surface area contributed by atoms with E-state index in [4.69, 9.17) is 4.98 Å². The molecule has 5 rings (SSSR count). The quantitative estimate of drug-likeness (QED) is 0.292. The fourth-order valence-corrected chi connectivity index (χ4v) is 5.36. The van der Waals surface area contributed by atoms with Crippen molar-refractivity contribution in [2.75, 3.05) is 32.5 Å². The third-order valence-corrected chi connectivity index (χ3v) is 7.31. The Morgan fingerprint density at radius 1 is 1.30 bits per heavy atom. The molecular weight excluding hydrogens is 490 g/mol. The van der Waals surface area contributed by atoms with Crippen molar-refractivity contribution in [1.29, 1.82) is 0 Å². The lowest BCUT2D eigenvalue weighted by Crippen LogP contribution is -2.39. The van der Waals surface area contributed by atoms with Crippen LogP contribution in [0.5, 0.6) is 0 Å². The van der Waals surface area contributed by atoms with Gasteiger partial charge in [0.05, 0.1) is 28.1 Å². The van der Waals surface area contributed by atoms with Crippen molar-refractivity contribution in [1.82, 2.24) is 30.1 Å². The number of rotatable bonds is 9. The highest BCUT2D eigenvalue weighted by molar-refractivity contribution is 7.17. The maximum Gasteiger partial charge on any atom is 0.261 e. The van der Waals surface area contributed by atoms with E-state index in [0.717, 1.165) is 30.1 Å². The van der Waals surface area contributed by atoms with Crippen LogP contribution in [0.2, 0.25) is 0 Å². The summed E-state index contributed by atoms with van der Waals surface area (Å²) < 4.78 is 1.72. The highest BCUT2D eigenvalue weighted by Gasteiger charge is 2.26. The molecule has 0 unspecified atom stereocenters. The molecule has 0 aromatic carbocycles. The van der Waals surface area contributed by atoms with E-state index in [1.807, 2.05) is 32.3 Å². The van der Waals surface area contributed by atoms with Gasteiger partial charge in [-0.3, -0.25) is 19.7 Å². The zero-order valence-electron chi connectivity index (χ0n) is 21.4. The molecule has 2 aliphatic rings. The predicted molar refractivity (Wildman–Crippen MR) is 143 cm³/mol. The van der Waals surface area contributed by atoms with Crippen LogP contribution in [0.1, 0.15) is 48.3 Å². The lowest BCUT2D eigenvalue weighted by molar-refractivity contribution is -0.124. The molecule has 37 heavy (non-hydrogen) atoms. The molecule has 1 aliphatic heterocycles. The molecule has 0 bridgehead atoms. The maximum atomic E-state index is 12.9. The van der Waals surface area contributed by atoms with Crippen LogP contribution in [-0.2, 0) is 9.59 Å². The van der Waals surface area contributed by atoms with Gasteiger partial charge < -0.3 is 15.5 Å². The Labute approximate surface area is 219 Å². The van der Waals surface area contributed by atoms with Crippen LogP contribution in [-0.4, -0.2) is 70.4 Å². The minimum absolute atomic E-state index is 0.0395. The van der Waals surface area contributed by atoms with E-state index in [1.165, 1.54) is 11.3 Å². The van der Waals surface area contributed by atoms with E-state index in [9.17, 15) is 14.4 Å². The second kappa shape index (κ2) is 9.71. The number of nitrogens with one attached hydrogen (secondary N) is 3. The number of anilines is 1. The van der Waals surface area contributed by atoms with E-state index in [2.05, 4.69) is 39.8 Å². The molecule has 0 spiro atoms. The van der Waals surface area contributed by atoms with Crippen LogP contribution in [0.25, 0.3) is 22.3 Å². The molecule has 11 heteroatoms. The van der Waals surface area contributed by atoms with Crippen molar-refractivity contribution in [2.45, 2.75) is 39.2 Å². The van der Waals surface area contributed by atoms with Gasteiger partial charge in [-0.05, 0) is 50.6 Å². The van der Waals surface area contributed by atoms with E-state index >= 15 is 0 Å². The average molecular weight is 522 g/mol. The van der Waals surface area contributed by atoms with Crippen molar-refractivity contribution in [3.63, 3.8) is 0 Å². The number of nitrogens with zero attached hydrogens (tertiary/aromatic N) is 4. The summed E-state index contributed by atoms with van der Waals surface area (Å²) in [7, 11) is 4.05. The summed E-state index contributed by atoms with van der Waals surface area (Å²) in [5, 5.41) is 13.4. The van der Waals surface area contributed by atoms with Gasteiger partial charge in [-0.25, -0.2) is 4.98 Å². The van der Waals surface area contributed by atoms with Crippen molar-refractivity contribution in [3.05, 3.63) is 40.4 Å². The van der Waals surface area contributed by atoms with Crippen LogP contribution in [0, 0.1) is 5.41 Å². The number of carbonyl (C=O) groups is 3. The van der Waals surface area contributed by atoms with Crippen LogP contribution in [0.3, 0.4) is 0 Å². The molecule has 194 valence electrons. The lowest BCUT2D eigenvalue weighted by Gasteiger charge is -2.28. The molecule has 10 nitrogen and oxygen atoms in total. The van der Waals surface area contributed by atoms with Gasteiger partial charge in [0.15, 0.2) is 5.65 Å². The summed E-state index contributed by atoms with van der Waals surface area (Å²) in [4.78, 5) is 45.0. The topological polar surface area (TPSA) is 121 Å². The van der Waals surface area contributed by atoms with E-state index in [-0.39, 0.29) is 29.6 Å². The summed E-state index contributed by atoms with van der Waals surface area (Å²) in [5.41, 5.74) is 2.27. The SMILES string of the molecule is CN(C)CC(C)(C)CNC(=O)c1ccc(-c2cc(NC3CC3)n3ncc(/C=C4\CC(=O)NC4=O)c3n2)s1. The van der Waals surface area contributed by atoms with Crippen molar-refractivity contribution in [2.24, 2.45) is 5.41 Å². The first-order valence-electron chi connectivity index (χ1n) is 12.3. The molecule has 3 amide bonds. The number of fused-ring (bicyclic) bond motifs is 1. The Hall–Kier alpha value is -3.57. The Morgan fingerprint density at radius 2 is 2.08 bits per heavy atom. The summed E-state index contributed by atoms with van der Waals surface area (Å²) in [6.07, 6.45) is 5.54. The lowest BCUT2D eigenvalue weighted by atomic mass is 9.93. The van der Waals surface area contributed by atoms with Crippen molar-refractivity contribution in [3.8, 4) is 10.6 Å².